The van der Waals surface area contributed by atoms with Crippen LogP contribution in [0.25, 0.3) is 0 Å². The summed E-state index contributed by atoms with van der Waals surface area (Å²) in [6.07, 6.45) is 0.898. The Hall–Kier alpha value is -1.12. The van der Waals surface area contributed by atoms with Crippen LogP contribution in [-0.2, 0) is 10.0 Å². The maximum Gasteiger partial charge on any atom is 0.246 e. The molecule has 2 rings (SSSR count). The van der Waals surface area contributed by atoms with E-state index in [0.717, 1.165) is 4.31 Å². The van der Waals surface area contributed by atoms with Gasteiger partial charge < -0.3 is 5.73 Å². The Morgan fingerprint density at radius 3 is 2.16 bits per heavy atom. The van der Waals surface area contributed by atoms with Gasteiger partial charge in [0.1, 0.15) is 10.7 Å². The fraction of sp³-hybridized carbons (Fsp3) is 0.455. The molecule has 106 valence electrons. The Kier molecular flexibility index (Phi) is 3.84. The first kappa shape index (κ1) is 14.3. The summed E-state index contributed by atoms with van der Waals surface area (Å²) in [5.74, 6) is -4.11. The van der Waals surface area contributed by atoms with Crippen LogP contribution in [0.4, 0.5) is 13.2 Å². The highest BCUT2D eigenvalue weighted by Gasteiger charge is 2.31. The maximum absolute atomic E-state index is 13.5. The van der Waals surface area contributed by atoms with Gasteiger partial charge in [-0.3, -0.25) is 0 Å². The number of nitrogens with two attached hydrogens (primary N) is 1. The standard InChI is InChI=1S/C11H13F3N2O2S/c12-8-5-10(14)11(6-9(8)13)19(17,18)16-3-1-7(15)2-4-16/h5-7H,1-4,15H2. The number of hydrogen-bond donors (Lipinski definition) is 1. The summed E-state index contributed by atoms with van der Waals surface area (Å²) in [5, 5.41) is 0. The van der Waals surface area contributed by atoms with Gasteiger partial charge in [-0.2, -0.15) is 4.31 Å². The van der Waals surface area contributed by atoms with Crippen molar-refractivity contribution in [1.82, 2.24) is 4.31 Å². The van der Waals surface area contributed by atoms with E-state index in [4.69, 9.17) is 5.73 Å². The van der Waals surface area contributed by atoms with Crippen LogP contribution < -0.4 is 5.73 Å². The molecule has 1 heterocycles. The van der Waals surface area contributed by atoms with Gasteiger partial charge in [-0.15, -0.1) is 0 Å². The number of rotatable bonds is 2. The van der Waals surface area contributed by atoms with E-state index < -0.39 is 32.4 Å². The van der Waals surface area contributed by atoms with Crippen molar-refractivity contribution in [2.75, 3.05) is 13.1 Å². The normalized spacial score (nSPS) is 18.7. The smallest absolute Gasteiger partial charge is 0.246 e. The summed E-state index contributed by atoms with van der Waals surface area (Å²) in [5.41, 5.74) is 5.65. The molecule has 0 aromatic heterocycles. The second kappa shape index (κ2) is 5.10. The summed E-state index contributed by atoms with van der Waals surface area (Å²) in [6.45, 7) is 0.282. The third kappa shape index (κ3) is 2.75. The van der Waals surface area contributed by atoms with Crippen LogP contribution >= 0.6 is 0 Å². The Balaban J connectivity index is 2.37. The monoisotopic (exact) mass is 294 g/mol. The molecule has 0 aliphatic carbocycles. The molecule has 0 bridgehead atoms. The van der Waals surface area contributed by atoms with Gasteiger partial charge in [0.15, 0.2) is 11.6 Å². The lowest BCUT2D eigenvalue weighted by Gasteiger charge is -2.29. The van der Waals surface area contributed by atoms with E-state index in [1.165, 1.54) is 0 Å². The summed E-state index contributed by atoms with van der Waals surface area (Å²) in [7, 11) is -4.16. The van der Waals surface area contributed by atoms with Crippen molar-refractivity contribution < 1.29 is 21.6 Å². The molecule has 2 N–H and O–H groups in total. The van der Waals surface area contributed by atoms with Crippen molar-refractivity contribution >= 4 is 10.0 Å². The molecular weight excluding hydrogens is 281 g/mol. The average molecular weight is 294 g/mol. The van der Waals surface area contributed by atoms with Crippen molar-refractivity contribution in [2.45, 2.75) is 23.8 Å². The van der Waals surface area contributed by atoms with Gasteiger partial charge in [-0.1, -0.05) is 0 Å². The number of benzene rings is 1. The average Bonchev–Trinajstić information content (AvgIpc) is 2.34. The van der Waals surface area contributed by atoms with Crippen molar-refractivity contribution in [3.63, 3.8) is 0 Å². The topological polar surface area (TPSA) is 63.4 Å². The van der Waals surface area contributed by atoms with Crippen LogP contribution in [-0.4, -0.2) is 31.9 Å². The summed E-state index contributed by atoms with van der Waals surface area (Å²) in [6, 6.07) is 0.508. The highest BCUT2D eigenvalue weighted by Crippen LogP contribution is 2.24. The second-order valence-electron chi connectivity index (χ2n) is 4.44. The molecule has 1 aliphatic heterocycles. The SMILES string of the molecule is NC1CCN(S(=O)(=O)c2cc(F)c(F)cc2F)CC1. The molecule has 0 atom stereocenters. The zero-order chi connectivity index (χ0) is 14.2. The van der Waals surface area contributed by atoms with E-state index >= 15 is 0 Å². The van der Waals surface area contributed by atoms with Gasteiger partial charge in [0, 0.05) is 25.2 Å². The second-order valence-corrected chi connectivity index (χ2v) is 6.34. The van der Waals surface area contributed by atoms with Crippen LogP contribution in [0.15, 0.2) is 17.0 Å². The molecule has 1 fully saturated rings. The first-order chi connectivity index (χ1) is 8.82. The van der Waals surface area contributed by atoms with E-state index in [1.54, 1.807) is 0 Å². The molecule has 0 amide bonds. The van der Waals surface area contributed by atoms with E-state index in [9.17, 15) is 21.6 Å². The molecule has 1 aliphatic rings. The zero-order valence-electron chi connectivity index (χ0n) is 9.94. The highest BCUT2D eigenvalue weighted by molar-refractivity contribution is 7.89. The van der Waals surface area contributed by atoms with Crippen LogP contribution in [0.1, 0.15) is 12.8 Å². The van der Waals surface area contributed by atoms with E-state index in [1.807, 2.05) is 0 Å². The molecule has 1 aromatic rings. The molecule has 1 aromatic carbocycles. The summed E-state index contributed by atoms with van der Waals surface area (Å²) < 4.78 is 64.7. The predicted octanol–water partition coefficient (Wildman–Crippen LogP) is 1.22. The van der Waals surface area contributed by atoms with Gasteiger partial charge in [0.05, 0.1) is 0 Å². The fourth-order valence-corrected chi connectivity index (χ4v) is 3.48. The minimum Gasteiger partial charge on any atom is -0.328 e. The van der Waals surface area contributed by atoms with Crippen LogP contribution in [0.5, 0.6) is 0 Å². The van der Waals surface area contributed by atoms with E-state index in [0.29, 0.717) is 18.9 Å². The Bertz CT molecular complexity index is 584. The Morgan fingerprint density at radius 1 is 1.05 bits per heavy atom. The third-order valence-electron chi connectivity index (χ3n) is 3.09. The van der Waals surface area contributed by atoms with Gasteiger partial charge in [-0.05, 0) is 18.9 Å². The molecule has 8 heteroatoms. The van der Waals surface area contributed by atoms with Crippen LogP contribution in [0, 0.1) is 17.5 Å². The number of halogens is 3. The molecule has 19 heavy (non-hydrogen) atoms. The molecule has 0 radical (unpaired) electrons. The van der Waals surface area contributed by atoms with Crippen molar-refractivity contribution in [3.05, 3.63) is 29.6 Å². The number of nitrogens with zero attached hydrogens (tertiary/aromatic N) is 1. The largest absolute Gasteiger partial charge is 0.328 e. The molecule has 0 saturated carbocycles. The third-order valence-corrected chi connectivity index (χ3v) is 5.00. The quantitative estimate of drug-likeness (QED) is 0.834. The Morgan fingerprint density at radius 2 is 1.58 bits per heavy atom. The first-order valence-corrected chi connectivity index (χ1v) is 7.16. The van der Waals surface area contributed by atoms with Crippen LogP contribution in [0.2, 0.25) is 0 Å². The fourth-order valence-electron chi connectivity index (χ4n) is 1.96. The van der Waals surface area contributed by atoms with Gasteiger partial charge >= 0.3 is 0 Å². The number of piperidine rings is 1. The summed E-state index contributed by atoms with van der Waals surface area (Å²) in [4.78, 5) is -0.845. The van der Waals surface area contributed by atoms with Crippen molar-refractivity contribution in [2.24, 2.45) is 5.73 Å². The summed E-state index contributed by atoms with van der Waals surface area (Å²) >= 11 is 0. The predicted molar refractivity (Wildman–Crippen MR) is 62.3 cm³/mol. The lowest BCUT2D eigenvalue weighted by atomic mass is 10.1. The van der Waals surface area contributed by atoms with E-state index in [2.05, 4.69) is 0 Å². The highest BCUT2D eigenvalue weighted by atomic mass is 32.2. The molecule has 0 unspecified atom stereocenters. The minimum absolute atomic E-state index is 0.0961. The molecule has 4 nitrogen and oxygen atoms in total. The molecular formula is C11H13F3N2O2S. The van der Waals surface area contributed by atoms with Gasteiger partial charge in [0.25, 0.3) is 0 Å². The minimum atomic E-state index is -4.16. The van der Waals surface area contributed by atoms with Crippen LogP contribution in [0.3, 0.4) is 0 Å². The lowest BCUT2D eigenvalue weighted by molar-refractivity contribution is 0.318. The molecule has 0 spiro atoms. The van der Waals surface area contributed by atoms with Gasteiger partial charge in [0.2, 0.25) is 10.0 Å². The van der Waals surface area contributed by atoms with Crippen molar-refractivity contribution in [1.29, 1.82) is 0 Å². The van der Waals surface area contributed by atoms with Gasteiger partial charge in [-0.25, -0.2) is 21.6 Å². The zero-order valence-corrected chi connectivity index (χ0v) is 10.8. The maximum atomic E-state index is 13.5. The van der Waals surface area contributed by atoms with Crippen molar-refractivity contribution in [3.8, 4) is 0 Å². The first-order valence-electron chi connectivity index (χ1n) is 5.72. The number of sulfonamides is 1. The van der Waals surface area contributed by atoms with E-state index in [-0.39, 0.29) is 25.2 Å². The molecule has 1 saturated heterocycles. The Labute approximate surface area is 109 Å². The lowest BCUT2D eigenvalue weighted by Crippen LogP contribution is -2.43. The number of hydrogen-bond acceptors (Lipinski definition) is 3.